The molecule has 2 rings (SSSR count). The minimum absolute atomic E-state index is 0.241. The molecule has 25 heavy (non-hydrogen) atoms. The Morgan fingerprint density at radius 3 is 2.24 bits per heavy atom. The summed E-state index contributed by atoms with van der Waals surface area (Å²) in [7, 11) is 6.17. The van der Waals surface area contributed by atoms with E-state index in [-0.39, 0.29) is 6.61 Å². The van der Waals surface area contributed by atoms with Crippen LogP contribution in [0.3, 0.4) is 0 Å². The number of nitrogens with zero attached hydrogens (tertiary/aromatic N) is 1. The van der Waals surface area contributed by atoms with Gasteiger partial charge in [0.25, 0.3) is 0 Å². The summed E-state index contributed by atoms with van der Waals surface area (Å²) < 4.78 is 27.9. The molecular formula is C19H23NO5. The van der Waals surface area contributed by atoms with Crippen LogP contribution in [0.2, 0.25) is 0 Å². The molecule has 0 spiro atoms. The van der Waals surface area contributed by atoms with Crippen LogP contribution in [0.5, 0.6) is 0 Å². The number of benzene rings is 1. The third-order valence-corrected chi connectivity index (χ3v) is 4.19. The number of hydrogen-bond donors (Lipinski definition) is 0. The summed E-state index contributed by atoms with van der Waals surface area (Å²) in [5, 5.41) is 9.88. The van der Waals surface area contributed by atoms with E-state index in [0.717, 1.165) is 5.56 Å². The van der Waals surface area contributed by atoms with Crippen LogP contribution in [0.4, 0.5) is 0 Å². The van der Waals surface area contributed by atoms with E-state index in [1.807, 2.05) is 30.3 Å². The molecular weight excluding hydrogens is 322 g/mol. The lowest BCUT2D eigenvalue weighted by Crippen LogP contribution is -2.65. The SMILES string of the molecule is COC[C@H]1O[C@@](C#N)(C#Cc2ccccc2)[C@H](OC)[C@@H](OC)[C@@H]1OC. The molecule has 0 amide bonds. The lowest BCUT2D eigenvalue weighted by atomic mass is 9.85. The maximum absolute atomic E-state index is 9.88. The quantitative estimate of drug-likeness (QED) is 0.751. The largest absolute Gasteiger partial charge is 0.382 e. The highest BCUT2D eigenvalue weighted by Gasteiger charge is 2.56. The second-order valence-corrected chi connectivity index (χ2v) is 5.63. The van der Waals surface area contributed by atoms with Gasteiger partial charge in [-0.2, -0.15) is 5.26 Å². The molecule has 1 aliphatic rings. The average molecular weight is 345 g/mol. The van der Waals surface area contributed by atoms with Crippen LogP contribution in [0.1, 0.15) is 5.56 Å². The molecule has 0 N–H and O–H groups in total. The lowest BCUT2D eigenvalue weighted by molar-refractivity contribution is -0.256. The predicted molar refractivity (Wildman–Crippen MR) is 90.8 cm³/mol. The van der Waals surface area contributed by atoms with E-state index in [9.17, 15) is 5.26 Å². The van der Waals surface area contributed by atoms with Gasteiger partial charge in [0, 0.05) is 34.0 Å². The average Bonchev–Trinajstić information content (AvgIpc) is 2.66. The van der Waals surface area contributed by atoms with Gasteiger partial charge in [0.2, 0.25) is 5.60 Å². The molecule has 0 radical (unpaired) electrons. The molecule has 6 nitrogen and oxygen atoms in total. The molecule has 0 aliphatic carbocycles. The van der Waals surface area contributed by atoms with Crippen molar-refractivity contribution >= 4 is 0 Å². The molecule has 1 aliphatic heterocycles. The number of rotatable bonds is 5. The Morgan fingerprint density at radius 2 is 1.72 bits per heavy atom. The van der Waals surface area contributed by atoms with Crippen LogP contribution in [0.15, 0.2) is 30.3 Å². The van der Waals surface area contributed by atoms with E-state index in [1.54, 1.807) is 21.3 Å². The second-order valence-electron chi connectivity index (χ2n) is 5.63. The molecule has 0 bridgehead atoms. The first kappa shape index (κ1) is 19.4. The van der Waals surface area contributed by atoms with Crippen LogP contribution < -0.4 is 0 Å². The third kappa shape index (κ3) is 4.01. The zero-order chi connectivity index (χ0) is 18.3. The van der Waals surface area contributed by atoms with Crippen LogP contribution in [-0.2, 0) is 23.7 Å². The molecule has 0 saturated carbocycles. The lowest BCUT2D eigenvalue weighted by Gasteiger charge is -2.46. The van der Waals surface area contributed by atoms with Gasteiger partial charge < -0.3 is 23.7 Å². The van der Waals surface area contributed by atoms with E-state index in [4.69, 9.17) is 23.7 Å². The van der Waals surface area contributed by atoms with Crippen molar-refractivity contribution in [3.63, 3.8) is 0 Å². The monoisotopic (exact) mass is 345 g/mol. The molecule has 0 aromatic heterocycles. The summed E-state index contributed by atoms with van der Waals surface area (Å²) in [6.45, 7) is 0.241. The normalized spacial score (nSPS) is 31.6. The van der Waals surface area contributed by atoms with E-state index in [0.29, 0.717) is 0 Å². The first-order valence-corrected chi connectivity index (χ1v) is 7.90. The summed E-state index contributed by atoms with van der Waals surface area (Å²) in [6.07, 6.45) is -2.24. The molecule has 134 valence electrons. The highest BCUT2D eigenvalue weighted by Crippen LogP contribution is 2.34. The summed E-state index contributed by atoms with van der Waals surface area (Å²) in [5.74, 6) is 5.95. The Labute approximate surface area is 148 Å². The van der Waals surface area contributed by atoms with Crippen molar-refractivity contribution < 1.29 is 23.7 Å². The molecule has 1 aromatic carbocycles. The molecule has 1 heterocycles. The van der Waals surface area contributed by atoms with Crippen molar-refractivity contribution in [1.29, 1.82) is 5.26 Å². The first-order chi connectivity index (χ1) is 12.2. The van der Waals surface area contributed by atoms with Crippen molar-refractivity contribution in [3.05, 3.63) is 35.9 Å². The van der Waals surface area contributed by atoms with Crippen LogP contribution in [0, 0.1) is 23.2 Å². The fraction of sp³-hybridized carbons (Fsp3) is 0.526. The maximum Gasteiger partial charge on any atom is 0.245 e. The maximum atomic E-state index is 9.88. The zero-order valence-electron chi connectivity index (χ0n) is 14.9. The van der Waals surface area contributed by atoms with Crippen molar-refractivity contribution in [3.8, 4) is 17.9 Å². The van der Waals surface area contributed by atoms with Crippen LogP contribution >= 0.6 is 0 Å². The molecule has 1 aromatic rings. The zero-order valence-corrected chi connectivity index (χ0v) is 14.9. The van der Waals surface area contributed by atoms with Gasteiger partial charge in [-0.05, 0) is 18.1 Å². The number of methoxy groups -OCH3 is 4. The topological polar surface area (TPSA) is 69.9 Å². The molecule has 1 saturated heterocycles. The van der Waals surface area contributed by atoms with Crippen LogP contribution in [0.25, 0.3) is 0 Å². The standard InChI is InChI=1S/C19H23NO5/c1-21-12-15-16(22-2)17(23-3)18(24-4)19(13-20,25-15)11-10-14-8-6-5-7-9-14/h5-9,15-18H,12H2,1-4H3/t15-,16-,17+,18-,19-/m1/s1. The summed E-state index contributed by atoms with van der Waals surface area (Å²) >= 11 is 0. The van der Waals surface area contributed by atoms with E-state index in [1.165, 1.54) is 7.11 Å². The Balaban J connectivity index is 2.46. The summed E-state index contributed by atoms with van der Waals surface area (Å²) in [4.78, 5) is 0. The molecule has 6 heteroatoms. The minimum Gasteiger partial charge on any atom is -0.382 e. The number of nitriles is 1. The van der Waals surface area contributed by atoms with E-state index < -0.39 is 30.0 Å². The van der Waals surface area contributed by atoms with Gasteiger partial charge in [-0.3, -0.25) is 0 Å². The summed E-state index contributed by atoms with van der Waals surface area (Å²) in [5.41, 5.74) is -0.717. The molecule has 1 fully saturated rings. The van der Waals surface area contributed by atoms with Crippen molar-refractivity contribution in [2.45, 2.75) is 30.0 Å². The Morgan fingerprint density at radius 1 is 1.04 bits per heavy atom. The van der Waals surface area contributed by atoms with E-state index >= 15 is 0 Å². The fourth-order valence-electron chi connectivity index (χ4n) is 3.03. The Hall–Kier alpha value is -1.93. The van der Waals surface area contributed by atoms with E-state index in [2.05, 4.69) is 17.9 Å². The first-order valence-electron chi connectivity index (χ1n) is 7.90. The highest BCUT2D eigenvalue weighted by atomic mass is 16.6. The Bertz CT molecular complexity index is 647. The van der Waals surface area contributed by atoms with Crippen molar-refractivity contribution in [2.24, 2.45) is 0 Å². The van der Waals surface area contributed by atoms with Gasteiger partial charge in [-0.25, -0.2) is 0 Å². The highest BCUT2D eigenvalue weighted by molar-refractivity contribution is 5.40. The predicted octanol–water partition coefficient (Wildman–Crippen LogP) is 1.39. The minimum atomic E-state index is -1.50. The van der Waals surface area contributed by atoms with Crippen molar-refractivity contribution in [2.75, 3.05) is 35.0 Å². The van der Waals surface area contributed by atoms with Gasteiger partial charge in [-0.15, -0.1) is 0 Å². The van der Waals surface area contributed by atoms with Crippen molar-refractivity contribution in [1.82, 2.24) is 0 Å². The van der Waals surface area contributed by atoms with Gasteiger partial charge in [0.1, 0.15) is 30.5 Å². The van der Waals surface area contributed by atoms with Gasteiger partial charge in [0.15, 0.2) is 0 Å². The third-order valence-electron chi connectivity index (χ3n) is 4.19. The fourth-order valence-corrected chi connectivity index (χ4v) is 3.03. The molecule has 5 atom stereocenters. The van der Waals surface area contributed by atoms with Gasteiger partial charge >= 0.3 is 0 Å². The second kappa shape index (κ2) is 8.96. The van der Waals surface area contributed by atoms with Gasteiger partial charge in [-0.1, -0.05) is 24.1 Å². The Kier molecular flexibility index (Phi) is 6.95. The molecule has 0 unspecified atom stereocenters. The number of ether oxygens (including phenoxy) is 5. The summed E-state index contributed by atoms with van der Waals surface area (Å²) in [6, 6.07) is 11.6. The number of hydrogen-bond acceptors (Lipinski definition) is 6. The van der Waals surface area contributed by atoms with Gasteiger partial charge in [0.05, 0.1) is 6.61 Å². The smallest absolute Gasteiger partial charge is 0.245 e. The van der Waals surface area contributed by atoms with Crippen LogP contribution in [-0.4, -0.2) is 65.1 Å².